The van der Waals surface area contributed by atoms with Crippen molar-refractivity contribution < 1.29 is 19.1 Å². The second-order valence-corrected chi connectivity index (χ2v) is 6.32. The highest BCUT2D eigenvalue weighted by molar-refractivity contribution is 5.95. The highest BCUT2D eigenvalue weighted by atomic mass is 16.5. The summed E-state index contributed by atoms with van der Waals surface area (Å²) in [6.45, 7) is 5.41. The van der Waals surface area contributed by atoms with Gasteiger partial charge in [0.1, 0.15) is 0 Å². The van der Waals surface area contributed by atoms with E-state index >= 15 is 0 Å². The van der Waals surface area contributed by atoms with Gasteiger partial charge in [0.2, 0.25) is 0 Å². The Morgan fingerprint density at radius 1 is 1.27 bits per heavy atom. The number of hydrogen-bond acceptors (Lipinski definition) is 5. The first-order valence-electron chi connectivity index (χ1n) is 8.91. The van der Waals surface area contributed by atoms with Crippen molar-refractivity contribution in [2.45, 2.75) is 13.0 Å². The van der Waals surface area contributed by atoms with Gasteiger partial charge >= 0.3 is 12.0 Å². The molecule has 0 aliphatic carbocycles. The molecule has 2 heterocycles. The maximum absolute atomic E-state index is 12.8. The van der Waals surface area contributed by atoms with E-state index in [1.165, 1.54) is 4.90 Å². The van der Waals surface area contributed by atoms with E-state index in [0.717, 1.165) is 18.7 Å². The minimum Gasteiger partial charge on any atom is -0.463 e. The van der Waals surface area contributed by atoms with Crippen LogP contribution in [0.25, 0.3) is 0 Å². The molecule has 2 aliphatic rings. The molecule has 0 spiro atoms. The quantitative estimate of drug-likeness (QED) is 0.808. The molecule has 1 saturated heterocycles. The molecule has 7 nitrogen and oxygen atoms in total. The van der Waals surface area contributed by atoms with Gasteiger partial charge in [-0.2, -0.15) is 0 Å². The number of carbonyl (C=O) groups is 2. The molecular formula is C19H25N3O4. The lowest BCUT2D eigenvalue weighted by molar-refractivity contribution is -0.139. The Kier molecular flexibility index (Phi) is 5.90. The second-order valence-electron chi connectivity index (χ2n) is 6.32. The third-order valence-electron chi connectivity index (χ3n) is 4.68. The van der Waals surface area contributed by atoms with Crippen LogP contribution in [0.3, 0.4) is 0 Å². The molecule has 1 unspecified atom stereocenters. The topological polar surface area (TPSA) is 71.1 Å². The Hall–Kier alpha value is -2.38. The largest absolute Gasteiger partial charge is 0.463 e. The number of morpholine rings is 1. The molecule has 1 fully saturated rings. The van der Waals surface area contributed by atoms with Crippen molar-refractivity contribution in [1.29, 1.82) is 0 Å². The van der Waals surface area contributed by atoms with E-state index in [2.05, 4.69) is 10.2 Å². The summed E-state index contributed by atoms with van der Waals surface area (Å²) in [6.07, 6.45) is 0. The van der Waals surface area contributed by atoms with Gasteiger partial charge in [-0.3, -0.25) is 9.80 Å². The predicted octanol–water partition coefficient (Wildman–Crippen LogP) is 1.53. The van der Waals surface area contributed by atoms with Crippen molar-refractivity contribution in [3.05, 3.63) is 47.2 Å². The lowest BCUT2D eigenvalue weighted by Gasteiger charge is -2.37. The summed E-state index contributed by atoms with van der Waals surface area (Å²) in [5.74, 6) is -0.392. The molecule has 3 rings (SSSR count). The molecule has 0 saturated carbocycles. The van der Waals surface area contributed by atoms with Crippen LogP contribution < -0.4 is 5.32 Å². The van der Waals surface area contributed by atoms with Crippen molar-refractivity contribution in [2.75, 3.05) is 46.5 Å². The van der Waals surface area contributed by atoms with E-state index in [1.807, 2.05) is 30.3 Å². The van der Waals surface area contributed by atoms with Gasteiger partial charge in [-0.05, 0) is 12.5 Å². The lowest BCUT2D eigenvalue weighted by atomic mass is 9.94. The fourth-order valence-electron chi connectivity index (χ4n) is 3.26. The number of hydrogen-bond donors (Lipinski definition) is 1. The first-order chi connectivity index (χ1) is 12.6. The molecule has 0 radical (unpaired) electrons. The molecule has 2 amide bonds. The minimum atomic E-state index is -0.519. The Bertz CT molecular complexity index is 683. The summed E-state index contributed by atoms with van der Waals surface area (Å²) in [6, 6.07) is 8.76. The Morgan fingerprint density at radius 2 is 1.96 bits per heavy atom. The van der Waals surface area contributed by atoms with E-state index in [4.69, 9.17) is 9.47 Å². The molecule has 1 atom stereocenters. The first kappa shape index (κ1) is 18.4. The average Bonchev–Trinajstić information content (AvgIpc) is 2.67. The number of carbonyl (C=O) groups excluding carboxylic acids is 2. The Balaban J connectivity index is 2.02. The van der Waals surface area contributed by atoms with Gasteiger partial charge in [-0.1, -0.05) is 30.3 Å². The van der Waals surface area contributed by atoms with Crippen LogP contribution in [-0.4, -0.2) is 68.3 Å². The molecule has 2 aliphatic heterocycles. The van der Waals surface area contributed by atoms with Crippen LogP contribution >= 0.6 is 0 Å². The summed E-state index contributed by atoms with van der Waals surface area (Å²) >= 11 is 0. The number of urea groups is 1. The van der Waals surface area contributed by atoms with Crippen molar-refractivity contribution in [1.82, 2.24) is 15.1 Å². The molecule has 1 aromatic rings. The van der Waals surface area contributed by atoms with E-state index in [-0.39, 0.29) is 12.6 Å². The first-order valence-corrected chi connectivity index (χ1v) is 8.91. The van der Waals surface area contributed by atoms with Gasteiger partial charge in [0.15, 0.2) is 0 Å². The number of nitrogens with zero attached hydrogens (tertiary/aromatic N) is 2. The zero-order valence-corrected chi connectivity index (χ0v) is 15.2. The third-order valence-corrected chi connectivity index (χ3v) is 4.68. The molecule has 1 N–H and O–H groups in total. The number of amides is 2. The SMILES string of the molecule is CCOC(=O)C1=C(CN2CCOCC2)N(C)C(=O)NC1c1ccccc1. The van der Waals surface area contributed by atoms with Crippen LogP contribution in [0.15, 0.2) is 41.6 Å². The maximum Gasteiger partial charge on any atom is 0.338 e. The summed E-state index contributed by atoms with van der Waals surface area (Å²) in [5, 5.41) is 2.92. The van der Waals surface area contributed by atoms with Gasteiger partial charge in [0.25, 0.3) is 0 Å². The normalized spacial score (nSPS) is 21.5. The number of esters is 1. The standard InChI is InChI=1S/C19H25N3O4/c1-3-26-18(23)16-15(13-22-9-11-25-12-10-22)21(2)19(24)20-17(16)14-7-5-4-6-8-14/h4-8,17H,3,9-13H2,1-2H3,(H,20,24). The summed E-state index contributed by atoms with van der Waals surface area (Å²) in [5.41, 5.74) is 2.03. The van der Waals surface area contributed by atoms with Crippen LogP contribution in [-0.2, 0) is 14.3 Å². The van der Waals surface area contributed by atoms with E-state index in [0.29, 0.717) is 31.0 Å². The molecular weight excluding hydrogens is 334 g/mol. The van der Waals surface area contributed by atoms with Crippen LogP contribution in [0, 0.1) is 0 Å². The zero-order valence-electron chi connectivity index (χ0n) is 15.2. The van der Waals surface area contributed by atoms with E-state index in [9.17, 15) is 9.59 Å². The molecule has 26 heavy (non-hydrogen) atoms. The second kappa shape index (κ2) is 8.33. The van der Waals surface area contributed by atoms with E-state index in [1.54, 1.807) is 14.0 Å². The molecule has 0 aromatic heterocycles. The van der Waals surface area contributed by atoms with Gasteiger partial charge in [-0.25, -0.2) is 9.59 Å². The van der Waals surface area contributed by atoms with Crippen LogP contribution in [0.2, 0.25) is 0 Å². The van der Waals surface area contributed by atoms with Gasteiger partial charge in [0.05, 0.1) is 31.4 Å². The van der Waals surface area contributed by atoms with Gasteiger partial charge in [-0.15, -0.1) is 0 Å². The minimum absolute atomic E-state index is 0.227. The summed E-state index contributed by atoms with van der Waals surface area (Å²) < 4.78 is 10.7. The zero-order chi connectivity index (χ0) is 18.5. The number of rotatable bonds is 5. The highest BCUT2D eigenvalue weighted by Crippen LogP contribution is 2.31. The number of benzene rings is 1. The van der Waals surface area contributed by atoms with Crippen LogP contribution in [0.5, 0.6) is 0 Å². The van der Waals surface area contributed by atoms with Crippen molar-refractivity contribution in [3.8, 4) is 0 Å². The Labute approximate surface area is 153 Å². The number of ether oxygens (including phenoxy) is 2. The summed E-state index contributed by atoms with van der Waals surface area (Å²) in [7, 11) is 1.69. The smallest absolute Gasteiger partial charge is 0.338 e. The number of likely N-dealkylation sites (N-methyl/N-ethyl adjacent to an activating group) is 1. The van der Waals surface area contributed by atoms with Gasteiger partial charge in [0, 0.05) is 32.4 Å². The van der Waals surface area contributed by atoms with Crippen molar-refractivity contribution in [3.63, 3.8) is 0 Å². The lowest BCUT2D eigenvalue weighted by Crippen LogP contribution is -2.50. The van der Waals surface area contributed by atoms with Crippen LogP contribution in [0.4, 0.5) is 4.79 Å². The van der Waals surface area contributed by atoms with Crippen molar-refractivity contribution in [2.24, 2.45) is 0 Å². The third kappa shape index (κ3) is 3.89. The molecule has 0 bridgehead atoms. The summed E-state index contributed by atoms with van der Waals surface area (Å²) in [4.78, 5) is 29.0. The molecule has 140 valence electrons. The molecule has 1 aromatic carbocycles. The predicted molar refractivity (Wildman–Crippen MR) is 96.4 cm³/mol. The van der Waals surface area contributed by atoms with Crippen molar-refractivity contribution >= 4 is 12.0 Å². The number of nitrogens with one attached hydrogen (secondary N) is 1. The maximum atomic E-state index is 12.8. The highest BCUT2D eigenvalue weighted by Gasteiger charge is 2.37. The monoisotopic (exact) mass is 359 g/mol. The fraction of sp³-hybridized carbons (Fsp3) is 0.474. The average molecular weight is 359 g/mol. The Morgan fingerprint density at radius 3 is 2.62 bits per heavy atom. The van der Waals surface area contributed by atoms with Gasteiger partial charge < -0.3 is 14.8 Å². The van der Waals surface area contributed by atoms with Crippen LogP contribution in [0.1, 0.15) is 18.5 Å². The van der Waals surface area contributed by atoms with E-state index < -0.39 is 12.0 Å². The molecule has 7 heteroatoms. The fourth-order valence-corrected chi connectivity index (χ4v) is 3.26.